The van der Waals surface area contributed by atoms with Gasteiger partial charge in [0.15, 0.2) is 0 Å². The van der Waals surface area contributed by atoms with Crippen molar-refractivity contribution in [2.24, 2.45) is 5.41 Å². The van der Waals surface area contributed by atoms with E-state index in [1.165, 1.54) is 24.2 Å². The van der Waals surface area contributed by atoms with Crippen molar-refractivity contribution in [3.05, 3.63) is 35.7 Å². The van der Waals surface area contributed by atoms with Crippen LogP contribution in [0.5, 0.6) is 0 Å². The summed E-state index contributed by atoms with van der Waals surface area (Å²) in [5.41, 5.74) is 5.01. The van der Waals surface area contributed by atoms with Gasteiger partial charge in [0.2, 0.25) is 0 Å². The first-order valence-electron chi connectivity index (χ1n) is 6.93. The third kappa shape index (κ3) is 1.23. The number of hydrogen-bond acceptors (Lipinski definition) is 2. The Balaban J connectivity index is 2.05. The highest BCUT2D eigenvalue weighted by Gasteiger charge is 2.63. The average Bonchev–Trinajstić information content (AvgIpc) is 2.80. The van der Waals surface area contributed by atoms with E-state index in [0.717, 1.165) is 16.4 Å². The minimum absolute atomic E-state index is 0.174. The molecule has 2 aliphatic carbocycles. The number of alkyl halides is 1. The van der Waals surface area contributed by atoms with Gasteiger partial charge < -0.3 is 0 Å². The molecule has 2 aromatic rings. The normalized spacial score (nSPS) is 35.8. The van der Waals surface area contributed by atoms with E-state index >= 15 is 0 Å². The Morgan fingerprint density at radius 1 is 1.21 bits per heavy atom. The van der Waals surface area contributed by atoms with Crippen LogP contribution in [0.2, 0.25) is 0 Å². The van der Waals surface area contributed by atoms with E-state index in [2.05, 4.69) is 41.9 Å². The number of nitrogens with zero attached hydrogens (tertiary/aromatic N) is 2. The van der Waals surface area contributed by atoms with Gasteiger partial charge in [-0.1, -0.05) is 41.9 Å². The Hall–Kier alpha value is -0.960. The molecule has 0 spiro atoms. The number of halogens is 1. The first-order valence-corrected chi connectivity index (χ1v) is 8.05. The van der Waals surface area contributed by atoms with E-state index in [1.54, 1.807) is 0 Å². The second-order valence-corrected chi connectivity index (χ2v) is 6.98. The summed E-state index contributed by atoms with van der Waals surface area (Å²) in [6.07, 6.45) is 2.48. The molecule has 0 N–H and O–H groups in total. The predicted octanol–water partition coefficient (Wildman–Crippen LogP) is 4.18. The maximum absolute atomic E-state index is 4.97. The molecule has 1 aromatic carbocycles. The van der Waals surface area contributed by atoms with Gasteiger partial charge in [-0.15, -0.1) is 0 Å². The first-order chi connectivity index (χ1) is 9.10. The van der Waals surface area contributed by atoms with Gasteiger partial charge in [0.1, 0.15) is 0 Å². The molecular formula is C16H17BrN2. The molecule has 2 bridgehead atoms. The van der Waals surface area contributed by atoms with Crippen LogP contribution in [0.25, 0.3) is 11.0 Å². The molecule has 2 nitrogen and oxygen atoms in total. The van der Waals surface area contributed by atoms with E-state index < -0.39 is 0 Å². The van der Waals surface area contributed by atoms with Crippen LogP contribution in [0, 0.1) is 5.41 Å². The molecule has 0 radical (unpaired) electrons. The molecule has 0 aliphatic heterocycles. The number of hydrogen-bond donors (Lipinski definition) is 0. The van der Waals surface area contributed by atoms with Gasteiger partial charge >= 0.3 is 0 Å². The molecule has 1 heterocycles. The lowest BCUT2D eigenvalue weighted by Crippen LogP contribution is -2.36. The highest BCUT2D eigenvalue weighted by molar-refractivity contribution is 9.09. The molecular weight excluding hydrogens is 300 g/mol. The Morgan fingerprint density at radius 2 is 1.89 bits per heavy atom. The number of rotatable bonds is 1. The summed E-state index contributed by atoms with van der Waals surface area (Å²) in [5, 5.41) is 1.02. The van der Waals surface area contributed by atoms with E-state index in [1.807, 2.05) is 12.1 Å². The highest BCUT2D eigenvalue weighted by Crippen LogP contribution is 2.67. The first kappa shape index (κ1) is 11.8. The fraction of sp³-hybridized carbons (Fsp3) is 0.500. The number of aromatic nitrogens is 2. The molecule has 0 amide bonds. The van der Waals surface area contributed by atoms with Crippen LogP contribution in [0.15, 0.2) is 24.3 Å². The van der Waals surface area contributed by atoms with Crippen LogP contribution < -0.4 is 0 Å². The lowest BCUT2D eigenvalue weighted by atomic mass is 9.70. The van der Waals surface area contributed by atoms with Crippen molar-refractivity contribution in [2.45, 2.75) is 38.0 Å². The molecule has 1 aromatic heterocycles. The Morgan fingerprint density at radius 3 is 2.58 bits per heavy atom. The van der Waals surface area contributed by atoms with Gasteiger partial charge in [-0.25, -0.2) is 9.97 Å². The molecule has 3 atom stereocenters. The van der Waals surface area contributed by atoms with Crippen LogP contribution in [-0.4, -0.2) is 15.3 Å². The van der Waals surface area contributed by atoms with Crippen LogP contribution >= 0.6 is 15.9 Å². The maximum atomic E-state index is 4.97. The quantitative estimate of drug-likeness (QED) is 0.738. The van der Waals surface area contributed by atoms with E-state index in [0.29, 0.717) is 5.92 Å². The zero-order valence-electron chi connectivity index (χ0n) is 11.3. The molecule has 98 valence electrons. The van der Waals surface area contributed by atoms with Gasteiger partial charge in [-0.3, -0.25) is 0 Å². The molecule has 2 aliphatic rings. The zero-order chi connectivity index (χ0) is 13.3. The van der Waals surface area contributed by atoms with Gasteiger partial charge in [0.05, 0.1) is 22.4 Å². The topological polar surface area (TPSA) is 25.8 Å². The minimum Gasteiger partial charge on any atom is -0.249 e. The molecule has 19 heavy (non-hydrogen) atoms. The molecule has 1 fully saturated rings. The largest absolute Gasteiger partial charge is 0.249 e. The van der Waals surface area contributed by atoms with Crippen molar-refractivity contribution in [3.63, 3.8) is 0 Å². The molecule has 1 saturated carbocycles. The van der Waals surface area contributed by atoms with Crippen molar-refractivity contribution < 1.29 is 0 Å². The maximum Gasteiger partial charge on any atom is 0.0890 e. The smallest absolute Gasteiger partial charge is 0.0890 e. The molecule has 4 rings (SSSR count). The summed E-state index contributed by atoms with van der Waals surface area (Å²) in [5.74, 6) is 0.559. The molecule has 0 saturated heterocycles. The summed E-state index contributed by atoms with van der Waals surface area (Å²) in [6.45, 7) is 4.77. The highest BCUT2D eigenvalue weighted by atomic mass is 79.9. The summed E-state index contributed by atoms with van der Waals surface area (Å²) in [6, 6.07) is 8.23. The van der Waals surface area contributed by atoms with Crippen LogP contribution in [0.1, 0.15) is 44.0 Å². The zero-order valence-corrected chi connectivity index (χ0v) is 12.9. The average molecular weight is 317 g/mol. The van der Waals surface area contributed by atoms with Gasteiger partial charge in [0, 0.05) is 16.7 Å². The third-order valence-electron chi connectivity index (χ3n) is 5.69. The summed E-state index contributed by atoms with van der Waals surface area (Å²) < 4.78 is 0. The van der Waals surface area contributed by atoms with Crippen LogP contribution in [0.3, 0.4) is 0 Å². The SMILES string of the molecule is C[C@]12CC[C@@H](c3nc4ccccc4nc31)[C@]2(C)CBr. The van der Waals surface area contributed by atoms with Gasteiger partial charge in [0.25, 0.3) is 0 Å². The van der Waals surface area contributed by atoms with Gasteiger partial charge in [-0.2, -0.15) is 0 Å². The standard InChI is InChI=1S/C16H17BrN2/c1-15-8-7-10(16(15,2)9-17)13-14(15)19-12-6-4-3-5-11(12)18-13/h3-6,10H,7-9H2,1-2H3/t10-,15-,16-/m0/s1. The number of para-hydroxylation sites is 2. The van der Waals surface area contributed by atoms with Crippen molar-refractivity contribution in [3.8, 4) is 0 Å². The second kappa shape index (κ2) is 3.57. The van der Waals surface area contributed by atoms with Crippen LogP contribution in [-0.2, 0) is 5.41 Å². The molecule has 3 heteroatoms. The Bertz CT molecular complexity index is 684. The Labute approximate surface area is 121 Å². The number of fused-ring (bicyclic) bond motifs is 6. The third-order valence-corrected chi connectivity index (χ3v) is 6.86. The number of benzene rings is 1. The van der Waals surface area contributed by atoms with E-state index in [9.17, 15) is 0 Å². The molecule has 0 unspecified atom stereocenters. The van der Waals surface area contributed by atoms with E-state index in [-0.39, 0.29) is 10.8 Å². The summed E-state index contributed by atoms with van der Waals surface area (Å²) in [4.78, 5) is 9.91. The minimum atomic E-state index is 0.174. The van der Waals surface area contributed by atoms with Gasteiger partial charge in [-0.05, 0) is 30.4 Å². The second-order valence-electron chi connectivity index (χ2n) is 6.42. The summed E-state index contributed by atoms with van der Waals surface area (Å²) >= 11 is 3.75. The fourth-order valence-electron chi connectivity index (χ4n) is 4.15. The van der Waals surface area contributed by atoms with Crippen molar-refractivity contribution in [1.29, 1.82) is 0 Å². The lowest BCUT2D eigenvalue weighted by molar-refractivity contribution is 0.236. The fourth-order valence-corrected chi connectivity index (χ4v) is 5.16. The van der Waals surface area contributed by atoms with Crippen molar-refractivity contribution in [2.75, 3.05) is 5.33 Å². The van der Waals surface area contributed by atoms with Crippen molar-refractivity contribution in [1.82, 2.24) is 9.97 Å². The Kier molecular flexibility index (Phi) is 2.22. The summed E-state index contributed by atoms with van der Waals surface area (Å²) in [7, 11) is 0. The predicted molar refractivity (Wildman–Crippen MR) is 80.8 cm³/mol. The van der Waals surface area contributed by atoms with E-state index in [4.69, 9.17) is 9.97 Å². The van der Waals surface area contributed by atoms with Crippen LogP contribution in [0.4, 0.5) is 0 Å². The van der Waals surface area contributed by atoms with Crippen molar-refractivity contribution >= 4 is 27.0 Å². The monoisotopic (exact) mass is 316 g/mol. The lowest BCUT2D eigenvalue weighted by Gasteiger charge is -2.36.